The van der Waals surface area contributed by atoms with Gasteiger partial charge in [-0.3, -0.25) is 0 Å². The third-order valence-electron chi connectivity index (χ3n) is 4.11. The van der Waals surface area contributed by atoms with Crippen LogP contribution in [0.15, 0.2) is 11.6 Å². The Kier molecular flexibility index (Phi) is 10.4. The van der Waals surface area contributed by atoms with Crippen LogP contribution >= 0.6 is 0 Å². The van der Waals surface area contributed by atoms with Gasteiger partial charge in [0.05, 0.1) is 5.60 Å². The van der Waals surface area contributed by atoms with E-state index in [0.717, 1.165) is 25.7 Å². The highest BCUT2D eigenvalue weighted by molar-refractivity contribution is 5.66. The van der Waals surface area contributed by atoms with Gasteiger partial charge in [-0.1, -0.05) is 38.3 Å². The lowest BCUT2D eigenvalue weighted by Gasteiger charge is -2.23. The van der Waals surface area contributed by atoms with E-state index >= 15 is 0 Å². The monoisotopic (exact) mass is 297 g/mol. The molecule has 0 aliphatic carbocycles. The summed E-state index contributed by atoms with van der Waals surface area (Å²) in [6.45, 7) is 7.87. The predicted octanol–water partition coefficient (Wildman–Crippen LogP) is 3.60. The van der Waals surface area contributed by atoms with Crippen molar-refractivity contribution in [2.75, 3.05) is 0 Å². The highest BCUT2D eigenvalue weighted by Crippen LogP contribution is 2.22. The maximum atomic E-state index is 10.6. The van der Waals surface area contributed by atoms with Crippen LogP contribution in [0.3, 0.4) is 0 Å². The van der Waals surface area contributed by atoms with E-state index < -0.39 is 17.5 Å². The van der Waals surface area contributed by atoms with E-state index in [2.05, 4.69) is 19.9 Å². The molecule has 0 aromatic heterocycles. The van der Waals surface area contributed by atoms with E-state index in [1.165, 1.54) is 24.8 Å². The van der Waals surface area contributed by atoms with Crippen molar-refractivity contribution in [3.63, 3.8) is 0 Å². The van der Waals surface area contributed by atoms with Crippen molar-refractivity contribution >= 4 is 5.97 Å². The molecule has 0 fully saturated rings. The minimum atomic E-state index is -1.000. The van der Waals surface area contributed by atoms with Crippen molar-refractivity contribution in [3.8, 4) is 0 Å². The summed E-state index contributed by atoms with van der Waals surface area (Å²) >= 11 is 0. The van der Waals surface area contributed by atoms with E-state index in [9.17, 15) is 15.0 Å². The average molecular weight is 297 g/mol. The Balaban J connectivity index is 3.90. The zero-order valence-electron chi connectivity index (χ0n) is 14.3. The van der Waals surface area contributed by atoms with Gasteiger partial charge in [0.1, 0.15) is 0 Å². The second kappa shape index (κ2) is 10.8. The van der Waals surface area contributed by atoms with E-state index in [1.807, 2.05) is 6.92 Å². The smallest absolute Gasteiger partial charge is 0.0622 e. The van der Waals surface area contributed by atoms with Gasteiger partial charge in [0.2, 0.25) is 0 Å². The Bertz CT molecular complexity index is 318. The van der Waals surface area contributed by atoms with Crippen LogP contribution in [0.2, 0.25) is 0 Å². The van der Waals surface area contributed by atoms with Gasteiger partial charge in [-0.25, -0.2) is 0 Å². The van der Waals surface area contributed by atoms with Gasteiger partial charge in [-0.2, -0.15) is 0 Å². The van der Waals surface area contributed by atoms with Crippen LogP contribution in [0.25, 0.3) is 0 Å². The molecule has 0 amide bonds. The lowest BCUT2D eigenvalue weighted by Crippen LogP contribution is -2.30. The number of allylic oxidation sites excluding steroid dienone is 2. The summed E-state index contributed by atoms with van der Waals surface area (Å²) in [7, 11) is 0. The summed E-state index contributed by atoms with van der Waals surface area (Å²) < 4.78 is 0. The maximum Gasteiger partial charge on any atom is 0.0622 e. The van der Waals surface area contributed by atoms with Gasteiger partial charge in [0, 0.05) is 5.97 Å². The van der Waals surface area contributed by atoms with Crippen LogP contribution in [-0.2, 0) is 4.79 Å². The summed E-state index contributed by atoms with van der Waals surface area (Å²) in [5.74, 6) is -1.43. The highest BCUT2D eigenvalue weighted by Gasteiger charge is 2.19. The lowest BCUT2D eigenvalue weighted by molar-refractivity contribution is -0.311. The Hall–Kier alpha value is -0.830. The zero-order chi connectivity index (χ0) is 16.3. The van der Waals surface area contributed by atoms with Gasteiger partial charge in [-0.05, 0) is 64.7 Å². The highest BCUT2D eigenvalue weighted by atomic mass is 16.4. The molecule has 0 bridgehead atoms. The van der Waals surface area contributed by atoms with Crippen molar-refractivity contribution in [1.29, 1.82) is 0 Å². The Morgan fingerprint density at radius 2 is 1.95 bits per heavy atom. The van der Waals surface area contributed by atoms with Gasteiger partial charge in [0.15, 0.2) is 0 Å². The van der Waals surface area contributed by atoms with E-state index in [-0.39, 0.29) is 0 Å². The van der Waals surface area contributed by atoms with Crippen LogP contribution in [0, 0.1) is 5.92 Å². The summed E-state index contributed by atoms with van der Waals surface area (Å²) in [5.41, 5.74) is 0.705. The van der Waals surface area contributed by atoms with Crippen LogP contribution in [0.4, 0.5) is 0 Å². The molecule has 0 aromatic carbocycles. The number of hydrogen-bond acceptors (Lipinski definition) is 3. The van der Waals surface area contributed by atoms with Crippen LogP contribution in [-0.4, -0.2) is 16.7 Å². The van der Waals surface area contributed by atoms with Gasteiger partial charge >= 0.3 is 0 Å². The van der Waals surface area contributed by atoms with Crippen LogP contribution in [0.5, 0.6) is 0 Å². The molecule has 0 heterocycles. The first-order chi connectivity index (χ1) is 9.78. The number of unbranched alkanes of at least 4 members (excludes halogenated alkanes) is 2. The van der Waals surface area contributed by atoms with Crippen molar-refractivity contribution in [3.05, 3.63) is 11.6 Å². The molecule has 0 aromatic rings. The third-order valence-corrected chi connectivity index (χ3v) is 4.11. The van der Waals surface area contributed by atoms with E-state index in [1.54, 1.807) is 6.92 Å². The first kappa shape index (κ1) is 20.2. The fraction of sp³-hybridized carbons (Fsp3) is 0.833. The molecule has 3 heteroatoms. The standard InChI is InChI=1S/C18H34O3/c1-5-6-7-10-15(2)11-8-13-18(4,21)14-9-12-16(3)17(19)20/h11,16,21H,5-10,12-14H2,1-4H3,(H,19,20)/p-1/b15-11+. The number of hydrogen-bond donors (Lipinski definition) is 1. The Morgan fingerprint density at radius 1 is 1.29 bits per heavy atom. The molecule has 2 unspecified atom stereocenters. The Morgan fingerprint density at radius 3 is 2.52 bits per heavy atom. The van der Waals surface area contributed by atoms with Crippen molar-refractivity contribution in [2.24, 2.45) is 5.92 Å². The molecule has 3 nitrogen and oxygen atoms in total. The molecular formula is C18H33O3-. The first-order valence-corrected chi connectivity index (χ1v) is 8.37. The molecule has 1 N–H and O–H groups in total. The van der Waals surface area contributed by atoms with Crippen LogP contribution < -0.4 is 5.11 Å². The molecule has 0 aliphatic rings. The second-order valence-electron chi connectivity index (χ2n) is 6.66. The van der Waals surface area contributed by atoms with E-state index in [0.29, 0.717) is 12.8 Å². The lowest BCUT2D eigenvalue weighted by atomic mass is 9.91. The summed E-state index contributed by atoms with van der Waals surface area (Å²) in [6.07, 6.45) is 10.7. The number of carboxylic acids is 1. The summed E-state index contributed by atoms with van der Waals surface area (Å²) in [5, 5.41) is 20.9. The number of aliphatic hydroxyl groups is 1. The number of carbonyl (C=O) groups is 1. The quantitative estimate of drug-likeness (QED) is 0.442. The third kappa shape index (κ3) is 11.5. The maximum absolute atomic E-state index is 10.6. The molecular weight excluding hydrogens is 264 g/mol. The summed E-state index contributed by atoms with van der Waals surface area (Å²) in [6, 6.07) is 0. The minimum absolute atomic E-state index is 0.429. The van der Waals surface area contributed by atoms with Gasteiger partial charge in [0.25, 0.3) is 0 Å². The molecule has 2 atom stereocenters. The molecule has 0 radical (unpaired) electrons. The molecule has 0 saturated heterocycles. The molecule has 0 rings (SSSR count). The normalized spacial score (nSPS) is 16.5. The number of carbonyl (C=O) groups excluding carboxylic acids is 1. The van der Waals surface area contributed by atoms with Crippen molar-refractivity contribution < 1.29 is 15.0 Å². The Labute approximate surface area is 130 Å². The molecule has 0 saturated carbocycles. The summed E-state index contributed by atoms with van der Waals surface area (Å²) in [4.78, 5) is 10.6. The molecule has 21 heavy (non-hydrogen) atoms. The van der Waals surface area contributed by atoms with E-state index in [4.69, 9.17) is 0 Å². The predicted molar refractivity (Wildman–Crippen MR) is 85.8 cm³/mol. The zero-order valence-corrected chi connectivity index (χ0v) is 14.3. The van der Waals surface area contributed by atoms with Crippen molar-refractivity contribution in [1.82, 2.24) is 0 Å². The fourth-order valence-electron chi connectivity index (χ4n) is 2.42. The SMILES string of the molecule is CCCCC/C(C)=C/CCC(C)(O)CCCC(C)C(=O)[O-]. The van der Waals surface area contributed by atoms with Gasteiger partial charge in [-0.15, -0.1) is 0 Å². The number of aliphatic carboxylic acids is 1. The second-order valence-corrected chi connectivity index (χ2v) is 6.66. The van der Waals surface area contributed by atoms with Crippen molar-refractivity contribution in [2.45, 2.75) is 91.1 Å². The molecule has 0 aliphatic heterocycles. The van der Waals surface area contributed by atoms with Crippen LogP contribution in [0.1, 0.15) is 85.5 Å². The number of carboxylic acid groups (broad SMARTS) is 1. The van der Waals surface area contributed by atoms with Gasteiger partial charge < -0.3 is 15.0 Å². The topological polar surface area (TPSA) is 60.4 Å². The molecule has 124 valence electrons. The average Bonchev–Trinajstić information content (AvgIpc) is 2.38. The minimum Gasteiger partial charge on any atom is -0.550 e. The largest absolute Gasteiger partial charge is 0.550 e. The first-order valence-electron chi connectivity index (χ1n) is 8.37. The number of rotatable bonds is 12. The fourth-order valence-corrected chi connectivity index (χ4v) is 2.42. The molecule has 0 spiro atoms.